The number of nitrogens with zero attached hydrogens (tertiary/aromatic N) is 2. The first-order chi connectivity index (χ1) is 19.6. The van der Waals surface area contributed by atoms with Gasteiger partial charge in [-0.1, -0.05) is 68.8 Å². The van der Waals surface area contributed by atoms with Gasteiger partial charge in [0, 0.05) is 13.1 Å². The van der Waals surface area contributed by atoms with Gasteiger partial charge >= 0.3 is 0 Å². The second-order valence-corrected chi connectivity index (χ2v) is 12.3. The molecule has 0 fully saturated rings. The highest BCUT2D eigenvalue weighted by Crippen LogP contribution is 2.26. The molecule has 9 heteroatoms. The number of hydrogen-bond donors (Lipinski definition) is 1. The molecule has 0 aliphatic rings. The van der Waals surface area contributed by atoms with Crippen LogP contribution in [0.4, 0.5) is 5.69 Å². The van der Waals surface area contributed by atoms with Crippen molar-refractivity contribution in [1.82, 2.24) is 10.2 Å². The molecule has 0 unspecified atom stereocenters. The highest BCUT2D eigenvalue weighted by molar-refractivity contribution is 7.92. The fraction of sp³-hybridized carbons (Fsp3) is 0.375. The van der Waals surface area contributed by atoms with Crippen LogP contribution in [-0.4, -0.2) is 57.9 Å². The van der Waals surface area contributed by atoms with Gasteiger partial charge in [-0.25, -0.2) is 8.42 Å². The molecule has 0 aliphatic heterocycles. The zero-order valence-electron chi connectivity index (χ0n) is 24.5. The fourth-order valence-electron chi connectivity index (χ4n) is 4.43. The highest BCUT2D eigenvalue weighted by atomic mass is 32.2. The van der Waals surface area contributed by atoms with Crippen molar-refractivity contribution in [3.63, 3.8) is 0 Å². The fourth-order valence-corrected chi connectivity index (χ4v) is 5.85. The molecule has 8 nitrogen and oxygen atoms in total. The number of ether oxygens (including phenoxy) is 1. The molecular formula is C32H41N3O5S. The summed E-state index contributed by atoms with van der Waals surface area (Å²) in [5.41, 5.74) is 2.25. The van der Waals surface area contributed by atoms with Crippen LogP contribution in [0.5, 0.6) is 5.75 Å². The minimum Gasteiger partial charge on any atom is -0.497 e. The summed E-state index contributed by atoms with van der Waals surface area (Å²) in [7, 11) is -2.59. The number of rotatable bonds is 14. The lowest BCUT2D eigenvalue weighted by Crippen LogP contribution is -2.53. The number of nitrogens with one attached hydrogen (secondary N) is 1. The van der Waals surface area contributed by atoms with Gasteiger partial charge in [0.05, 0.1) is 17.7 Å². The first-order valence-corrected chi connectivity index (χ1v) is 15.3. The predicted octanol–water partition coefficient (Wildman–Crippen LogP) is 4.82. The normalized spacial score (nSPS) is 12.0. The molecule has 0 aromatic heterocycles. The van der Waals surface area contributed by atoms with E-state index in [1.807, 2.05) is 58.0 Å². The van der Waals surface area contributed by atoms with Crippen LogP contribution >= 0.6 is 0 Å². The molecular weight excluding hydrogens is 538 g/mol. The molecule has 0 bridgehead atoms. The molecule has 0 radical (unpaired) electrons. The first kappa shape index (κ1) is 31.7. The van der Waals surface area contributed by atoms with Gasteiger partial charge in [-0.05, 0) is 67.6 Å². The number of sulfonamides is 1. The molecule has 0 aliphatic carbocycles. The van der Waals surface area contributed by atoms with Gasteiger partial charge in [0.25, 0.3) is 10.0 Å². The van der Waals surface area contributed by atoms with E-state index in [4.69, 9.17) is 4.74 Å². The van der Waals surface area contributed by atoms with Crippen molar-refractivity contribution in [1.29, 1.82) is 0 Å². The van der Waals surface area contributed by atoms with E-state index < -0.39 is 28.5 Å². The number of amides is 2. The van der Waals surface area contributed by atoms with E-state index in [2.05, 4.69) is 5.32 Å². The molecule has 41 heavy (non-hydrogen) atoms. The van der Waals surface area contributed by atoms with E-state index in [9.17, 15) is 18.0 Å². The van der Waals surface area contributed by atoms with Gasteiger partial charge in [-0.2, -0.15) is 0 Å². The third-order valence-corrected chi connectivity index (χ3v) is 8.59. The molecule has 0 saturated carbocycles. The smallest absolute Gasteiger partial charge is 0.264 e. The van der Waals surface area contributed by atoms with Gasteiger partial charge in [0.2, 0.25) is 11.8 Å². The number of anilines is 1. The number of hydrogen-bond acceptors (Lipinski definition) is 5. The summed E-state index contributed by atoms with van der Waals surface area (Å²) in [5.74, 6) is 0.0965. The van der Waals surface area contributed by atoms with E-state index in [1.165, 1.54) is 24.1 Å². The molecule has 1 atom stereocenters. The summed E-state index contributed by atoms with van der Waals surface area (Å²) in [5, 5.41) is 2.95. The molecule has 0 spiro atoms. The van der Waals surface area contributed by atoms with Crippen molar-refractivity contribution in [3.05, 3.63) is 90.0 Å². The third-order valence-electron chi connectivity index (χ3n) is 6.80. The summed E-state index contributed by atoms with van der Waals surface area (Å²) < 4.78 is 34.2. The summed E-state index contributed by atoms with van der Waals surface area (Å²) in [6, 6.07) is 22.0. The SMILES string of the molecule is CC[C@@H](C(=O)NCC(C)C)N(CCc1ccccc1)C(=O)CN(c1ccc(OC)cc1)S(=O)(=O)c1ccc(C)cc1. The van der Waals surface area contributed by atoms with Crippen molar-refractivity contribution in [2.24, 2.45) is 5.92 Å². The summed E-state index contributed by atoms with van der Waals surface area (Å²) in [6.07, 6.45) is 0.908. The van der Waals surface area contributed by atoms with Crippen LogP contribution in [0.2, 0.25) is 0 Å². The molecule has 2 amide bonds. The average Bonchev–Trinajstić information content (AvgIpc) is 2.97. The second-order valence-electron chi connectivity index (χ2n) is 10.4. The van der Waals surface area contributed by atoms with Gasteiger partial charge in [0.15, 0.2) is 0 Å². The van der Waals surface area contributed by atoms with Crippen molar-refractivity contribution in [3.8, 4) is 5.75 Å². The van der Waals surface area contributed by atoms with Gasteiger partial charge < -0.3 is 15.0 Å². The summed E-state index contributed by atoms with van der Waals surface area (Å²) in [4.78, 5) is 28.9. The number of benzene rings is 3. The summed E-state index contributed by atoms with van der Waals surface area (Å²) in [6.45, 7) is 8.01. The Kier molecular flexibility index (Phi) is 11.3. The topological polar surface area (TPSA) is 96.0 Å². The third kappa shape index (κ3) is 8.57. The van der Waals surface area contributed by atoms with E-state index in [0.717, 1.165) is 15.4 Å². The molecule has 3 aromatic carbocycles. The van der Waals surface area contributed by atoms with Crippen LogP contribution < -0.4 is 14.4 Å². The van der Waals surface area contributed by atoms with E-state index in [0.29, 0.717) is 30.8 Å². The standard InChI is InChI=1S/C32H41N3O5S/c1-6-30(32(37)33-22-24(2)3)34(21-20-26-10-8-7-9-11-26)31(36)23-35(27-14-16-28(40-5)17-15-27)41(38,39)29-18-12-25(4)13-19-29/h7-19,24,30H,6,20-23H2,1-5H3,(H,33,37)/t30-/m0/s1. The lowest BCUT2D eigenvalue weighted by Gasteiger charge is -2.33. The maximum atomic E-state index is 14.1. The number of aryl methyl sites for hydroxylation is 1. The van der Waals surface area contributed by atoms with Crippen LogP contribution in [-0.2, 0) is 26.0 Å². The van der Waals surface area contributed by atoms with Gasteiger partial charge in [-0.3, -0.25) is 13.9 Å². The Morgan fingerprint density at radius 2 is 1.56 bits per heavy atom. The molecule has 220 valence electrons. The number of methoxy groups -OCH3 is 1. The van der Waals surface area contributed by atoms with Gasteiger partial charge in [-0.15, -0.1) is 0 Å². The van der Waals surface area contributed by atoms with Crippen LogP contribution in [0.3, 0.4) is 0 Å². The van der Waals surface area contributed by atoms with Crippen molar-refractivity contribution >= 4 is 27.5 Å². The summed E-state index contributed by atoms with van der Waals surface area (Å²) >= 11 is 0. The number of carbonyl (C=O) groups excluding carboxylic acids is 2. The Labute approximate surface area is 244 Å². The maximum Gasteiger partial charge on any atom is 0.264 e. The van der Waals surface area contributed by atoms with Crippen LogP contribution in [0.15, 0.2) is 83.8 Å². The Bertz CT molecular complexity index is 1380. The second kappa shape index (κ2) is 14.7. The molecule has 0 saturated heterocycles. The average molecular weight is 580 g/mol. The minimum absolute atomic E-state index is 0.0734. The minimum atomic E-state index is -4.12. The van der Waals surface area contributed by atoms with Crippen molar-refractivity contribution in [2.45, 2.75) is 51.5 Å². The highest BCUT2D eigenvalue weighted by Gasteiger charge is 2.33. The van der Waals surface area contributed by atoms with Crippen LogP contribution in [0.25, 0.3) is 0 Å². The zero-order valence-corrected chi connectivity index (χ0v) is 25.4. The quantitative estimate of drug-likeness (QED) is 0.295. The predicted molar refractivity (Wildman–Crippen MR) is 162 cm³/mol. The Morgan fingerprint density at radius 3 is 2.12 bits per heavy atom. The molecule has 3 aromatic rings. The Hall–Kier alpha value is -3.85. The van der Waals surface area contributed by atoms with Crippen LogP contribution in [0, 0.1) is 12.8 Å². The lowest BCUT2D eigenvalue weighted by molar-refractivity contribution is -0.139. The first-order valence-electron chi connectivity index (χ1n) is 13.9. The lowest BCUT2D eigenvalue weighted by atomic mass is 10.1. The van der Waals surface area contributed by atoms with E-state index in [-0.39, 0.29) is 23.3 Å². The Morgan fingerprint density at radius 1 is 0.927 bits per heavy atom. The maximum absolute atomic E-state index is 14.1. The van der Waals surface area contributed by atoms with Crippen LogP contribution in [0.1, 0.15) is 38.3 Å². The zero-order chi connectivity index (χ0) is 30.0. The molecule has 0 heterocycles. The van der Waals surface area contributed by atoms with Gasteiger partial charge in [0.1, 0.15) is 18.3 Å². The van der Waals surface area contributed by atoms with Crippen molar-refractivity contribution in [2.75, 3.05) is 31.0 Å². The van der Waals surface area contributed by atoms with E-state index in [1.54, 1.807) is 36.4 Å². The van der Waals surface area contributed by atoms with Crippen molar-refractivity contribution < 1.29 is 22.7 Å². The molecule has 1 N–H and O–H groups in total. The van der Waals surface area contributed by atoms with E-state index >= 15 is 0 Å². The molecule has 3 rings (SSSR count). The Balaban J connectivity index is 2.00. The largest absolute Gasteiger partial charge is 0.497 e. The number of carbonyl (C=O) groups is 2. The monoisotopic (exact) mass is 579 g/mol.